The number of pyridine rings is 1. The van der Waals surface area contributed by atoms with Crippen molar-refractivity contribution in [3.63, 3.8) is 0 Å². The normalized spacial score (nSPS) is 18.0. The van der Waals surface area contributed by atoms with Crippen LogP contribution in [0.15, 0.2) is 41.7 Å². The maximum atomic E-state index is 12.1. The van der Waals surface area contributed by atoms with Gasteiger partial charge >= 0.3 is 0 Å². The summed E-state index contributed by atoms with van der Waals surface area (Å²) in [5.41, 5.74) is 2.76. The van der Waals surface area contributed by atoms with Crippen molar-refractivity contribution in [1.29, 1.82) is 0 Å². The molecule has 1 aliphatic heterocycles. The van der Waals surface area contributed by atoms with Gasteiger partial charge in [-0.1, -0.05) is 20.4 Å². The molecule has 0 unspecified atom stereocenters. The number of amides is 1. The van der Waals surface area contributed by atoms with Crippen LogP contribution in [0.5, 0.6) is 0 Å². The maximum absolute atomic E-state index is 12.1. The van der Waals surface area contributed by atoms with Gasteiger partial charge in [0.2, 0.25) is 5.91 Å². The fourth-order valence-electron chi connectivity index (χ4n) is 3.47. The van der Waals surface area contributed by atoms with Gasteiger partial charge < -0.3 is 14.8 Å². The fourth-order valence-corrected chi connectivity index (χ4v) is 3.47. The summed E-state index contributed by atoms with van der Waals surface area (Å²) in [5, 5.41) is 1.04. The lowest BCUT2D eigenvalue weighted by Crippen LogP contribution is -2.53. The fraction of sp³-hybridized carbons (Fsp3) is 0.400. The van der Waals surface area contributed by atoms with Crippen molar-refractivity contribution >= 4 is 22.5 Å². The average Bonchev–Trinajstić information content (AvgIpc) is 2.59. The number of piperazine rings is 1. The Morgan fingerprint density at radius 3 is 2.72 bits per heavy atom. The third-order valence-electron chi connectivity index (χ3n) is 4.93. The van der Waals surface area contributed by atoms with Gasteiger partial charge in [0, 0.05) is 47.8 Å². The number of hydrogen-bond acceptors (Lipinski definition) is 3. The third-order valence-corrected chi connectivity index (χ3v) is 4.93. The summed E-state index contributed by atoms with van der Waals surface area (Å²) < 4.78 is 0. The summed E-state index contributed by atoms with van der Waals surface area (Å²) in [6.07, 6.45) is 1.38. The van der Waals surface area contributed by atoms with Gasteiger partial charge in [0.05, 0.1) is 0 Å². The van der Waals surface area contributed by atoms with E-state index in [4.69, 9.17) is 0 Å². The largest absolute Gasteiger partial charge is 0.368 e. The number of benzene rings is 1. The lowest BCUT2D eigenvalue weighted by Gasteiger charge is -2.40. The number of H-pyrrole nitrogens is 1. The molecule has 1 N–H and O–H groups in total. The van der Waals surface area contributed by atoms with Gasteiger partial charge in [0.25, 0.3) is 5.56 Å². The van der Waals surface area contributed by atoms with Gasteiger partial charge in [-0.3, -0.25) is 9.59 Å². The van der Waals surface area contributed by atoms with Crippen LogP contribution >= 0.6 is 0 Å². The van der Waals surface area contributed by atoms with Crippen molar-refractivity contribution in [2.24, 2.45) is 0 Å². The van der Waals surface area contributed by atoms with Gasteiger partial charge in [-0.05, 0) is 43.2 Å². The van der Waals surface area contributed by atoms with E-state index < -0.39 is 0 Å². The smallest absolute Gasteiger partial charge is 0.251 e. The molecule has 0 saturated carbocycles. The Kier molecular flexibility index (Phi) is 4.66. The second-order valence-corrected chi connectivity index (χ2v) is 7.01. The number of aromatic nitrogens is 1. The molecule has 25 heavy (non-hydrogen) atoms. The SMILES string of the molecule is C=CC(=O)N1CCN(c2ccc3[nH]c(=O)c(C(C)C)cc3c2)C[C@H]1C. The van der Waals surface area contributed by atoms with E-state index >= 15 is 0 Å². The topological polar surface area (TPSA) is 56.4 Å². The molecule has 1 amide bonds. The summed E-state index contributed by atoms with van der Waals surface area (Å²) in [6.45, 7) is 11.9. The average molecular weight is 339 g/mol. The number of aromatic amines is 1. The number of carbonyl (C=O) groups is 1. The van der Waals surface area contributed by atoms with Crippen molar-refractivity contribution in [1.82, 2.24) is 9.88 Å². The summed E-state index contributed by atoms with van der Waals surface area (Å²) in [4.78, 5) is 31.1. The quantitative estimate of drug-likeness (QED) is 0.875. The van der Waals surface area contributed by atoms with Crippen LogP contribution in [-0.2, 0) is 4.79 Å². The van der Waals surface area contributed by atoms with Crippen LogP contribution in [0.25, 0.3) is 10.9 Å². The van der Waals surface area contributed by atoms with Crippen molar-refractivity contribution in [2.45, 2.75) is 32.7 Å². The van der Waals surface area contributed by atoms with E-state index in [-0.39, 0.29) is 23.4 Å². The molecule has 0 bridgehead atoms. The van der Waals surface area contributed by atoms with Gasteiger partial charge in [0.1, 0.15) is 0 Å². The first-order valence-electron chi connectivity index (χ1n) is 8.75. The number of rotatable bonds is 3. The van der Waals surface area contributed by atoms with E-state index in [0.717, 1.165) is 35.2 Å². The van der Waals surface area contributed by atoms with Gasteiger partial charge in [-0.25, -0.2) is 0 Å². The lowest BCUT2D eigenvalue weighted by atomic mass is 10.0. The van der Waals surface area contributed by atoms with Crippen LogP contribution < -0.4 is 10.5 Å². The van der Waals surface area contributed by atoms with Gasteiger partial charge in [-0.2, -0.15) is 0 Å². The number of anilines is 1. The zero-order valence-corrected chi connectivity index (χ0v) is 15.1. The Hall–Kier alpha value is -2.56. The Bertz CT molecular complexity index is 869. The highest BCUT2D eigenvalue weighted by atomic mass is 16.2. The monoisotopic (exact) mass is 339 g/mol. The number of nitrogens with zero attached hydrogens (tertiary/aromatic N) is 2. The molecule has 1 aliphatic rings. The maximum Gasteiger partial charge on any atom is 0.251 e. The molecule has 1 aromatic carbocycles. The highest BCUT2D eigenvalue weighted by Crippen LogP contribution is 2.25. The molecule has 0 aliphatic carbocycles. The van der Waals surface area contributed by atoms with Crippen LogP contribution in [0.2, 0.25) is 0 Å². The second kappa shape index (κ2) is 6.75. The van der Waals surface area contributed by atoms with E-state index in [1.165, 1.54) is 6.08 Å². The van der Waals surface area contributed by atoms with Crippen molar-refractivity contribution in [2.75, 3.05) is 24.5 Å². The highest BCUT2D eigenvalue weighted by Gasteiger charge is 2.26. The van der Waals surface area contributed by atoms with E-state index in [1.807, 2.05) is 36.9 Å². The van der Waals surface area contributed by atoms with Gasteiger partial charge in [-0.15, -0.1) is 0 Å². The van der Waals surface area contributed by atoms with Crippen LogP contribution in [-0.4, -0.2) is 41.5 Å². The number of fused-ring (bicyclic) bond motifs is 1. The number of carbonyl (C=O) groups excluding carboxylic acids is 1. The van der Waals surface area contributed by atoms with Crippen molar-refractivity contribution in [3.05, 3.63) is 52.8 Å². The predicted octanol–water partition coefficient (Wildman–Crippen LogP) is 2.87. The standard InChI is InChI=1S/C20H25N3O2/c1-5-19(24)23-9-8-22(12-14(23)4)16-6-7-18-15(10-16)11-17(13(2)3)20(25)21-18/h5-7,10-11,13-14H,1,8-9,12H2,2-4H3,(H,21,25)/t14-/m1/s1. The molecule has 0 spiro atoms. The molecule has 5 heteroatoms. The lowest BCUT2D eigenvalue weighted by molar-refractivity contribution is -0.128. The van der Waals surface area contributed by atoms with Crippen LogP contribution in [0.3, 0.4) is 0 Å². The Morgan fingerprint density at radius 1 is 1.32 bits per heavy atom. The van der Waals surface area contributed by atoms with E-state index in [9.17, 15) is 9.59 Å². The second-order valence-electron chi connectivity index (χ2n) is 7.01. The van der Waals surface area contributed by atoms with E-state index in [1.54, 1.807) is 0 Å². The van der Waals surface area contributed by atoms with Crippen molar-refractivity contribution < 1.29 is 4.79 Å². The minimum atomic E-state index is -0.0135. The summed E-state index contributed by atoms with van der Waals surface area (Å²) in [7, 11) is 0. The number of nitrogens with one attached hydrogen (secondary N) is 1. The summed E-state index contributed by atoms with van der Waals surface area (Å²) >= 11 is 0. The van der Waals surface area contributed by atoms with Crippen molar-refractivity contribution in [3.8, 4) is 0 Å². The first-order chi connectivity index (χ1) is 11.9. The van der Waals surface area contributed by atoms with Crippen LogP contribution in [0, 0.1) is 0 Å². The zero-order valence-electron chi connectivity index (χ0n) is 15.1. The summed E-state index contributed by atoms with van der Waals surface area (Å²) in [6, 6.07) is 8.24. The molecule has 0 radical (unpaired) electrons. The number of hydrogen-bond donors (Lipinski definition) is 1. The molecule has 5 nitrogen and oxygen atoms in total. The minimum absolute atomic E-state index is 0.00943. The molecule has 3 rings (SSSR count). The molecule has 1 fully saturated rings. The first kappa shape index (κ1) is 17.3. The molecular formula is C20H25N3O2. The molecular weight excluding hydrogens is 314 g/mol. The predicted molar refractivity (Wildman–Crippen MR) is 102 cm³/mol. The first-order valence-corrected chi connectivity index (χ1v) is 8.75. The Morgan fingerprint density at radius 2 is 2.08 bits per heavy atom. The van der Waals surface area contributed by atoms with E-state index in [0.29, 0.717) is 6.54 Å². The molecule has 1 atom stereocenters. The minimum Gasteiger partial charge on any atom is -0.368 e. The van der Waals surface area contributed by atoms with E-state index in [2.05, 4.69) is 29.5 Å². The zero-order chi connectivity index (χ0) is 18.1. The van der Waals surface area contributed by atoms with Crippen LogP contribution in [0.1, 0.15) is 32.3 Å². The van der Waals surface area contributed by atoms with Crippen LogP contribution in [0.4, 0.5) is 5.69 Å². The molecule has 132 valence electrons. The molecule has 2 aromatic rings. The van der Waals surface area contributed by atoms with Gasteiger partial charge in [0.15, 0.2) is 0 Å². The molecule has 2 heterocycles. The third kappa shape index (κ3) is 3.31. The Balaban J connectivity index is 1.89. The highest BCUT2D eigenvalue weighted by molar-refractivity contribution is 5.87. The Labute approximate surface area is 147 Å². The molecule has 1 saturated heterocycles. The summed E-state index contributed by atoms with van der Waals surface area (Å²) in [5.74, 6) is 0.176. The molecule has 1 aromatic heterocycles.